The topological polar surface area (TPSA) is 85.2 Å². The van der Waals surface area contributed by atoms with Gasteiger partial charge in [-0.25, -0.2) is 0 Å². The molecular formula is C14H22N4O. The van der Waals surface area contributed by atoms with E-state index in [1.807, 2.05) is 4.90 Å². The van der Waals surface area contributed by atoms with E-state index >= 15 is 0 Å². The highest BCUT2D eigenvalue weighted by molar-refractivity contribution is 5.78. The van der Waals surface area contributed by atoms with Crippen LogP contribution in [0, 0.1) is 5.92 Å². The molecule has 0 radical (unpaired) electrons. The Morgan fingerprint density at radius 2 is 2.32 bits per heavy atom. The molecule has 104 valence electrons. The zero-order valence-electron chi connectivity index (χ0n) is 11.4. The molecule has 0 spiro atoms. The Morgan fingerprint density at radius 3 is 2.95 bits per heavy atom. The Labute approximate surface area is 114 Å². The highest BCUT2D eigenvalue weighted by Gasteiger charge is 2.28. The van der Waals surface area contributed by atoms with E-state index in [2.05, 4.69) is 11.9 Å². The number of nitrogen functional groups attached to an aromatic ring is 1. The third-order valence-corrected chi connectivity index (χ3v) is 3.75. The van der Waals surface area contributed by atoms with Gasteiger partial charge in [-0.3, -0.25) is 9.78 Å². The summed E-state index contributed by atoms with van der Waals surface area (Å²) in [7, 11) is 0. The van der Waals surface area contributed by atoms with Crippen LogP contribution in [0.25, 0.3) is 0 Å². The zero-order chi connectivity index (χ0) is 13.8. The van der Waals surface area contributed by atoms with Gasteiger partial charge in [-0.15, -0.1) is 0 Å². The van der Waals surface area contributed by atoms with Gasteiger partial charge in [0.15, 0.2) is 0 Å². The fraction of sp³-hybridized carbons (Fsp3) is 0.571. The standard InChI is InChI=1S/C14H22N4O/c1-10-4-5-18(13(6-10)8-15)14(19)7-12-3-2-11(16)9-17-12/h2-3,9-10,13H,4-8,15-16H2,1H3. The maximum atomic E-state index is 12.3. The van der Waals surface area contributed by atoms with Crippen molar-refractivity contribution in [2.24, 2.45) is 11.7 Å². The van der Waals surface area contributed by atoms with Gasteiger partial charge in [0.25, 0.3) is 0 Å². The lowest BCUT2D eigenvalue weighted by molar-refractivity contribution is -0.134. The molecule has 0 bridgehead atoms. The van der Waals surface area contributed by atoms with Crippen LogP contribution in [0.15, 0.2) is 18.3 Å². The van der Waals surface area contributed by atoms with Crippen molar-refractivity contribution in [1.82, 2.24) is 9.88 Å². The lowest BCUT2D eigenvalue weighted by atomic mass is 9.92. The fourth-order valence-corrected chi connectivity index (χ4v) is 2.60. The van der Waals surface area contributed by atoms with Crippen LogP contribution in [0.1, 0.15) is 25.5 Å². The van der Waals surface area contributed by atoms with Crippen LogP contribution in [0.2, 0.25) is 0 Å². The molecule has 2 atom stereocenters. The third-order valence-electron chi connectivity index (χ3n) is 3.75. The average molecular weight is 262 g/mol. The number of amides is 1. The van der Waals surface area contributed by atoms with Crippen molar-refractivity contribution in [2.75, 3.05) is 18.8 Å². The highest BCUT2D eigenvalue weighted by atomic mass is 16.2. The van der Waals surface area contributed by atoms with Gasteiger partial charge < -0.3 is 16.4 Å². The van der Waals surface area contributed by atoms with Crippen molar-refractivity contribution < 1.29 is 4.79 Å². The number of anilines is 1. The van der Waals surface area contributed by atoms with E-state index in [4.69, 9.17) is 11.5 Å². The summed E-state index contributed by atoms with van der Waals surface area (Å²) >= 11 is 0. The van der Waals surface area contributed by atoms with Crippen LogP contribution in [-0.2, 0) is 11.2 Å². The monoisotopic (exact) mass is 262 g/mol. The van der Waals surface area contributed by atoms with Crippen LogP contribution in [-0.4, -0.2) is 34.9 Å². The number of hydrogen-bond donors (Lipinski definition) is 2. The average Bonchev–Trinajstić information content (AvgIpc) is 2.41. The van der Waals surface area contributed by atoms with Crippen molar-refractivity contribution >= 4 is 11.6 Å². The van der Waals surface area contributed by atoms with Crippen LogP contribution >= 0.6 is 0 Å². The normalized spacial score (nSPS) is 23.4. The molecule has 19 heavy (non-hydrogen) atoms. The summed E-state index contributed by atoms with van der Waals surface area (Å²) in [6, 6.07) is 3.75. The number of carbonyl (C=O) groups excluding carboxylic acids is 1. The summed E-state index contributed by atoms with van der Waals surface area (Å²) in [5.41, 5.74) is 12.7. The smallest absolute Gasteiger partial charge is 0.228 e. The number of pyridine rings is 1. The van der Waals surface area contributed by atoms with E-state index < -0.39 is 0 Å². The second-order valence-electron chi connectivity index (χ2n) is 5.37. The van der Waals surface area contributed by atoms with E-state index in [0.29, 0.717) is 24.6 Å². The molecule has 2 heterocycles. The predicted molar refractivity (Wildman–Crippen MR) is 75.3 cm³/mol. The largest absolute Gasteiger partial charge is 0.397 e. The molecule has 4 N–H and O–H groups in total. The molecule has 1 saturated heterocycles. The van der Waals surface area contributed by atoms with Crippen LogP contribution < -0.4 is 11.5 Å². The van der Waals surface area contributed by atoms with Crippen molar-refractivity contribution in [3.63, 3.8) is 0 Å². The molecule has 0 saturated carbocycles. The first-order valence-electron chi connectivity index (χ1n) is 6.80. The summed E-state index contributed by atoms with van der Waals surface area (Å²) in [5, 5.41) is 0. The van der Waals surface area contributed by atoms with Crippen molar-refractivity contribution in [3.05, 3.63) is 24.0 Å². The number of nitrogens with zero attached hydrogens (tertiary/aromatic N) is 2. The summed E-state index contributed by atoms with van der Waals surface area (Å²) in [5.74, 6) is 0.756. The minimum atomic E-state index is 0.111. The summed E-state index contributed by atoms with van der Waals surface area (Å²) in [6.45, 7) is 3.55. The van der Waals surface area contributed by atoms with Gasteiger partial charge in [-0.1, -0.05) is 6.92 Å². The Hall–Kier alpha value is -1.62. The van der Waals surface area contributed by atoms with Crippen LogP contribution in [0.5, 0.6) is 0 Å². The van der Waals surface area contributed by atoms with E-state index in [0.717, 1.165) is 25.1 Å². The quantitative estimate of drug-likeness (QED) is 0.843. The Kier molecular flexibility index (Phi) is 4.37. The molecule has 0 aliphatic carbocycles. The molecule has 5 heteroatoms. The first kappa shape index (κ1) is 13.8. The van der Waals surface area contributed by atoms with Crippen molar-refractivity contribution in [2.45, 2.75) is 32.2 Å². The van der Waals surface area contributed by atoms with Gasteiger partial charge in [-0.2, -0.15) is 0 Å². The number of rotatable bonds is 3. The lowest BCUT2D eigenvalue weighted by Crippen LogP contribution is -2.49. The molecule has 5 nitrogen and oxygen atoms in total. The minimum Gasteiger partial charge on any atom is -0.397 e. The Morgan fingerprint density at radius 1 is 1.53 bits per heavy atom. The van der Waals surface area contributed by atoms with Gasteiger partial charge in [0.2, 0.25) is 5.91 Å². The van der Waals surface area contributed by atoms with Gasteiger partial charge in [0, 0.05) is 24.8 Å². The SMILES string of the molecule is CC1CCN(C(=O)Cc2ccc(N)cn2)C(CN)C1. The summed E-state index contributed by atoms with van der Waals surface area (Å²) < 4.78 is 0. The Bertz CT molecular complexity index is 432. The molecule has 2 rings (SSSR count). The molecule has 1 aromatic heterocycles. The summed E-state index contributed by atoms with van der Waals surface area (Å²) in [6.07, 6.45) is 3.96. The van der Waals surface area contributed by atoms with Gasteiger partial charge >= 0.3 is 0 Å². The number of aromatic nitrogens is 1. The van der Waals surface area contributed by atoms with Gasteiger partial charge in [0.1, 0.15) is 0 Å². The number of hydrogen-bond acceptors (Lipinski definition) is 4. The highest BCUT2D eigenvalue weighted by Crippen LogP contribution is 2.22. The van der Waals surface area contributed by atoms with E-state index in [9.17, 15) is 4.79 Å². The molecular weight excluding hydrogens is 240 g/mol. The maximum Gasteiger partial charge on any atom is 0.228 e. The molecule has 1 fully saturated rings. The molecule has 1 aliphatic rings. The second kappa shape index (κ2) is 6.02. The van der Waals surface area contributed by atoms with Crippen molar-refractivity contribution in [3.8, 4) is 0 Å². The Balaban J connectivity index is 2.00. The summed E-state index contributed by atoms with van der Waals surface area (Å²) in [4.78, 5) is 18.4. The second-order valence-corrected chi connectivity index (χ2v) is 5.37. The molecule has 2 unspecified atom stereocenters. The van der Waals surface area contributed by atoms with Crippen molar-refractivity contribution in [1.29, 1.82) is 0 Å². The molecule has 1 amide bonds. The fourth-order valence-electron chi connectivity index (χ4n) is 2.60. The first-order valence-corrected chi connectivity index (χ1v) is 6.80. The molecule has 0 aromatic carbocycles. The molecule has 1 aliphatic heterocycles. The minimum absolute atomic E-state index is 0.111. The number of nitrogens with two attached hydrogens (primary N) is 2. The number of likely N-dealkylation sites (tertiary alicyclic amines) is 1. The number of piperidine rings is 1. The van der Waals surface area contributed by atoms with E-state index in [1.165, 1.54) is 0 Å². The van der Waals surface area contributed by atoms with Crippen LogP contribution in [0.4, 0.5) is 5.69 Å². The third kappa shape index (κ3) is 3.44. The van der Waals surface area contributed by atoms with E-state index in [1.54, 1.807) is 18.3 Å². The van der Waals surface area contributed by atoms with Gasteiger partial charge in [-0.05, 0) is 30.9 Å². The zero-order valence-corrected chi connectivity index (χ0v) is 11.4. The predicted octanol–water partition coefficient (Wildman–Crippen LogP) is 0.792. The lowest BCUT2D eigenvalue weighted by Gasteiger charge is -2.38. The number of carbonyl (C=O) groups is 1. The maximum absolute atomic E-state index is 12.3. The molecule has 1 aromatic rings. The van der Waals surface area contributed by atoms with Crippen LogP contribution in [0.3, 0.4) is 0 Å². The van der Waals surface area contributed by atoms with E-state index in [-0.39, 0.29) is 11.9 Å². The van der Waals surface area contributed by atoms with Gasteiger partial charge in [0.05, 0.1) is 18.3 Å². The first-order chi connectivity index (χ1) is 9.10.